The van der Waals surface area contributed by atoms with Crippen LogP contribution in [0.25, 0.3) is 0 Å². The minimum absolute atomic E-state index is 0.227. The molecule has 0 heterocycles. The average Bonchev–Trinajstić information content (AvgIpc) is 2.36. The lowest BCUT2D eigenvalue weighted by Crippen LogP contribution is -2.23. The molecule has 1 rings (SSSR count). The molecule has 0 saturated heterocycles. The number of rotatable bonds is 6. The SMILES string of the molecule is CCOC(=O)c1ccccc1CN(CC)CC. The van der Waals surface area contributed by atoms with Crippen LogP contribution in [0.1, 0.15) is 36.7 Å². The molecule has 0 aliphatic heterocycles. The summed E-state index contributed by atoms with van der Waals surface area (Å²) in [6, 6.07) is 7.65. The number of carbonyl (C=O) groups excluding carboxylic acids is 1. The highest BCUT2D eigenvalue weighted by Crippen LogP contribution is 2.13. The quantitative estimate of drug-likeness (QED) is 0.710. The van der Waals surface area contributed by atoms with Crippen LogP contribution < -0.4 is 0 Å². The molecule has 3 heteroatoms. The van der Waals surface area contributed by atoms with Gasteiger partial charge in [-0.15, -0.1) is 0 Å². The fourth-order valence-corrected chi connectivity index (χ4v) is 1.75. The highest BCUT2D eigenvalue weighted by atomic mass is 16.5. The Labute approximate surface area is 103 Å². The minimum atomic E-state index is -0.227. The summed E-state index contributed by atoms with van der Waals surface area (Å²) in [6.07, 6.45) is 0. The van der Waals surface area contributed by atoms with Gasteiger partial charge in [-0.25, -0.2) is 4.79 Å². The van der Waals surface area contributed by atoms with Gasteiger partial charge < -0.3 is 4.74 Å². The molecule has 3 nitrogen and oxygen atoms in total. The van der Waals surface area contributed by atoms with E-state index in [1.165, 1.54) is 0 Å². The largest absolute Gasteiger partial charge is 0.462 e. The van der Waals surface area contributed by atoms with Crippen molar-refractivity contribution in [3.05, 3.63) is 35.4 Å². The first kappa shape index (κ1) is 13.7. The van der Waals surface area contributed by atoms with E-state index in [1.807, 2.05) is 31.2 Å². The molecule has 94 valence electrons. The van der Waals surface area contributed by atoms with Crippen molar-refractivity contribution in [2.24, 2.45) is 0 Å². The molecule has 0 unspecified atom stereocenters. The van der Waals surface area contributed by atoms with E-state index < -0.39 is 0 Å². The van der Waals surface area contributed by atoms with Gasteiger partial charge in [-0.1, -0.05) is 32.0 Å². The molecule has 0 spiro atoms. The average molecular weight is 235 g/mol. The zero-order valence-electron chi connectivity index (χ0n) is 10.9. The van der Waals surface area contributed by atoms with Crippen LogP contribution in [-0.4, -0.2) is 30.6 Å². The van der Waals surface area contributed by atoms with Crippen LogP contribution in [0.15, 0.2) is 24.3 Å². The van der Waals surface area contributed by atoms with Gasteiger partial charge in [0.2, 0.25) is 0 Å². The topological polar surface area (TPSA) is 29.5 Å². The van der Waals surface area contributed by atoms with Crippen molar-refractivity contribution >= 4 is 5.97 Å². The maximum atomic E-state index is 11.8. The van der Waals surface area contributed by atoms with Gasteiger partial charge >= 0.3 is 5.97 Å². The Hall–Kier alpha value is -1.35. The smallest absolute Gasteiger partial charge is 0.338 e. The monoisotopic (exact) mass is 235 g/mol. The molecule has 0 aliphatic rings. The fourth-order valence-electron chi connectivity index (χ4n) is 1.75. The number of benzene rings is 1. The Bertz CT molecular complexity index is 359. The summed E-state index contributed by atoms with van der Waals surface area (Å²) in [6.45, 7) is 9.24. The molecule has 0 amide bonds. The van der Waals surface area contributed by atoms with Gasteiger partial charge in [0.05, 0.1) is 12.2 Å². The second-order valence-corrected chi connectivity index (χ2v) is 3.84. The van der Waals surface area contributed by atoms with Gasteiger partial charge in [-0.2, -0.15) is 0 Å². The van der Waals surface area contributed by atoms with Crippen LogP contribution in [0.5, 0.6) is 0 Å². The minimum Gasteiger partial charge on any atom is -0.462 e. The van der Waals surface area contributed by atoms with Gasteiger partial charge in [0.25, 0.3) is 0 Å². The predicted octanol–water partition coefficient (Wildman–Crippen LogP) is 2.71. The van der Waals surface area contributed by atoms with Crippen molar-refractivity contribution < 1.29 is 9.53 Å². The van der Waals surface area contributed by atoms with Crippen LogP contribution in [0.2, 0.25) is 0 Å². The normalized spacial score (nSPS) is 10.6. The zero-order chi connectivity index (χ0) is 12.7. The first-order chi connectivity index (χ1) is 8.22. The highest BCUT2D eigenvalue weighted by Gasteiger charge is 2.13. The van der Waals surface area contributed by atoms with Gasteiger partial charge in [0.1, 0.15) is 0 Å². The van der Waals surface area contributed by atoms with E-state index in [-0.39, 0.29) is 5.97 Å². The molecule has 1 aromatic carbocycles. The molecule has 1 aromatic rings. The van der Waals surface area contributed by atoms with Crippen molar-refractivity contribution in [2.45, 2.75) is 27.3 Å². The van der Waals surface area contributed by atoms with Crippen LogP contribution in [0.3, 0.4) is 0 Å². The lowest BCUT2D eigenvalue weighted by Gasteiger charge is -2.19. The Morgan fingerprint density at radius 1 is 1.18 bits per heavy atom. The Morgan fingerprint density at radius 3 is 2.41 bits per heavy atom. The summed E-state index contributed by atoms with van der Waals surface area (Å²) in [7, 11) is 0. The summed E-state index contributed by atoms with van der Waals surface area (Å²) in [4.78, 5) is 14.1. The predicted molar refractivity (Wildman–Crippen MR) is 69.0 cm³/mol. The second kappa shape index (κ2) is 7.07. The molecule has 17 heavy (non-hydrogen) atoms. The highest BCUT2D eigenvalue weighted by molar-refractivity contribution is 5.91. The molecule has 0 atom stereocenters. The standard InChI is InChI=1S/C14H21NO2/c1-4-15(5-2)11-12-9-7-8-10-13(12)14(16)17-6-3/h7-10H,4-6,11H2,1-3H3. The van der Waals surface area contributed by atoms with Gasteiger partial charge in [0.15, 0.2) is 0 Å². The number of esters is 1. The summed E-state index contributed by atoms with van der Waals surface area (Å²) >= 11 is 0. The molecular formula is C14H21NO2. The third-order valence-corrected chi connectivity index (χ3v) is 2.80. The van der Waals surface area contributed by atoms with Crippen LogP contribution in [0, 0.1) is 0 Å². The van der Waals surface area contributed by atoms with Gasteiger partial charge in [-0.3, -0.25) is 4.90 Å². The first-order valence-electron chi connectivity index (χ1n) is 6.20. The Balaban J connectivity index is 2.87. The zero-order valence-corrected chi connectivity index (χ0v) is 10.9. The van der Waals surface area contributed by atoms with Crippen molar-refractivity contribution in [3.63, 3.8) is 0 Å². The van der Waals surface area contributed by atoms with E-state index in [0.29, 0.717) is 12.2 Å². The Morgan fingerprint density at radius 2 is 1.82 bits per heavy atom. The molecule has 0 aromatic heterocycles. The number of carbonyl (C=O) groups is 1. The van der Waals surface area contributed by atoms with Gasteiger partial charge in [-0.05, 0) is 31.6 Å². The summed E-state index contributed by atoms with van der Waals surface area (Å²) in [5.41, 5.74) is 1.72. The second-order valence-electron chi connectivity index (χ2n) is 3.84. The number of hydrogen-bond acceptors (Lipinski definition) is 3. The van der Waals surface area contributed by atoms with Crippen molar-refractivity contribution in [2.75, 3.05) is 19.7 Å². The molecule has 0 N–H and O–H groups in total. The molecular weight excluding hydrogens is 214 g/mol. The maximum Gasteiger partial charge on any atom is 0.338 e. The van der Waals surface area contributed by atoms with E-state index in [1.54, 1.807) is 0 Å². The Kier molecular flexibility index (Phi) is 5.70. The van der Waals surface area contributed by atoms with Crippen LogP contribution >= 0.6 is 0 Å². The molecule has 0 bridgehead atoms. The third kappa shape index (κ3) is 3.86. The van der Waals surface area contributed by atoms with E-state index in [0.717, 1.165) is 25.2 Å². The molecule has 0 fully saturated rings. The number of nitrogens with zero attached hydrogens (tertiary/aromatic N) is 1. The lowest BCUT2D eigenvalue weighted by molar-refractivity contribution is 0.0524. The van der Waals surface area contributed by atoms with Crippen molar-refractivity contribution in [1.29, 1.82) is 0 Å². The van der Waals surface area contributed by atoms with Crippen LogP contribution in [0.4, 0.5) is 0 Å². The van der Waals surface area contributed by atoms with Crippen molar-refractivity contribution in [1.82, 2.24) is 4.90 Å². The van der Waals surface area contributed by atoms with E-state index >= 15 is 0 Å². The fraction of sp³-hybridized carbons (Fsp3) is 0.500. The number of hydrogen-bond donors (Lipinski definition) is 0. The molecule has 0 saturated carbocycles. The molecule has 0 aliphatic carbocycles. The maximum absolute atomic E-state index is 11.8. The third-order valence-electron chi connectivity index (χ3n) is 2.80. The molecule has 0 radical (unpaired) electrons. The van der Waals surface area contributed by atoms with Gasteiger partial charge in [0, 0.05) is 6.54 Å². The summed E-state index contributed by atoms with van der Waals surface area (Å²) in [5.74, 6) is -0.227. The van der Waals surface area contributed by atoms with E-state index in [9.17, 15) is 4.79 Å². The summed E-state index contributed by atoms with van der Waals surface area (Å²) in [5, 5.41) is 0. The summed E-state index contributed by atoms with van der Waals surface area (Å²) < 4.78 is 5.06. The first-order valence-corrected chi connectivity index (χ1v) is 6.20. The lowest BCUT2D eigenvalue weighted by atomic mass is 10.1. The number of ether oxygens (including phenoxy) is 1. The van der Waals surface area contributed by atoms with Crippen LogP contribution in [-0.2, 0) is 11.3 Å². The van der Waals surface area contributed by atoms with Crippen molar-refractivity contribution in [3.8, 4) is 0 Å². The van der Waals surface area contributed by atoms with E-state index in [2.05, 4.69) is 18.7 Å². The van der Waals surface area contributed by atoms with E-state index in [4.69, 9.17) is 4.74 Å².